The van der Waals surface area contributed by atoms with E-state index in [2.05, 4.69) is 20.3 Å². The number of hydrogen-bond acceptors (Lipinski definition) is 6. The van der Waals surface area contributed by atoms with E-state index in [9.17, 15) is 26.7 Å². The fraction of sp³-hybridized carbons (Fsp3) is 0.545. The number of likely N-dealkylation sites (tertiary alicyclic amines) is 1. The molecular formula is C22H23F5N6O. The number of alkyl halides is 5. The molecule has 182 valence electrons. The second-order valence-electron chi connectivity index (χ2n) is 9.14. The van der Waals surface area contributed by atoms with Crippen molar-refractivity contribution in [3.8, 4) is 0 Å². The third kappa shape index (κ3) is 4.90. The Morgan fingerprint density at radius 3 is 2.53 bits per heavy atom. The van der Waals surface area contributed by atoms with Gasteiger partial charge in [-0.05, 0) is 37.8 Å². The number of nitrogens with one attached hydrogen (secondary N) is 1. The number of amides is 1. The zero-order valence-electron chi connectivity index (χ0n) is 18.2. The van der Waals surface area contributed by atoms with Crippen molar-refractivity contribution in [2.75, 3.05) is 36.4 Å². The number of hydrogen-bond donors (Lipinski definition) is 1. The summed E-state index contributed by atoms with van der Waals surface area (Å²) in [6, 6.07) is 3.31. The topological polar surface area (TPSA) is 74.2 Å². The van der Waals surface area contributed by atoms with Gasteiger partial charge in [0.2, 0.25) is 11.9 Å². The average molecular weight is 482 g/mol. The van der Waals surface area contributed by atoms with Crippen LogP contribution in [0.15, 0.2) is 24.4 Å². The SMILES string of the molecule is O=C(C1CC1)N1CCCC(c2cc(Nc3cc(C(F)(F)F)ccn3)nc(N3CC(F)(F)C3)n2)C1. The first-order chi connectivity index (χ1) is 16.1. The molecule has 2 saturated heterocycles. The molecule has 12 heteroatoms. The molecule has 2 aliphatic heterocycles. The van der Waals surface area contributed by atoms with Crippen LogP contribution in [0.4, 0.5) is 39.5 Å². The Morgan fingerprint density at radius 1 is 1.09 bits per heavy atom. The lowest BCUT2D eigenvalue weighted by Crippen LogP contribution is -2.57. The van der Waals surface area contributed by atoms with Gasteiger partial charge in [0.15, 0.2) is 0 Å². The van der Waals surface area contributed by atoms with Crippen molar-refractivity contribution in [1.29, 1.82) is 0 Å². The van der Waals surface area contributed by atoms with Gasteiger partial charge in [0.25, 0.3) is 5.92 Å². The Kier molecular flexibility index (Phi) is 5.56. The Morgan fingerprint density at radius 2 is 1.85 bits per heavy atom. The van der Waals surface area contributed by atoms with Crippen molar-refractivity contribution in [3.05, 3.63) is 35.7 Å². The summed E-state index contributed by atoms with van der Waals surface area (Å²) in [5.74, 6) is -2.59. The number of aromatic nitrogens is 3. The van der Waals surface area contributed by atoms with Crippen LogP contribution in [0.5, 0.6) is 0 Å². The molecule has 1 N–H and O–H groups in total. The van der Waals surface area contributed by atoms with Crippen LogP contribution < -0.4 is 10.2 Å². The van der Waals surface area contributed by atoms with E-state index in [0.717, 1.165) is 44.0 Å². The first-order valence-electron chi connectivity index (χ1n) is 11.2. The summed E-state index contributed by atoms with van der Waals surface area (Å²) in [5.41, 5.74) is -0.314. The van der Waals surface area contributed by atoms with Crippen LogP contribution in [0, 0.1) is 5.92 Å². The van der Waals surface area contributed by atoms with E-state index in [0.29, 0.717) is 18.8 Å². The zero-order chi connectivity index (χ0) is 24.1. The largest absolute Gasteiger partial charge is 0.416 e. The normalized spacial score (nSPS) is 22.3. The lowest BCUT2D eigenvalue weighted by Gasteiger charge is -2.39. The minimum atomic E-state index is -4.54. The maximum Gasteiger partial charge on any atom is 0.416 e. The fourth-order valence-corrected chi connectivity index (χ4v) is 4.33. The fourth-order valence-electron chi connectivity index (χ4n) is 4.33. The summed E-state index contributed by atoms with van der Waals surface area (Å²) in [7, 11) is 0. The van der Waals surface area contributed by atoms with Gasteiger partial charge in [0.1, 0.15) is 11.6 Å². The summed E-state index contributed by atoms with van der Waals surface area (Å²) in [6.45, 7) is 0.0634. The molecule has 34 heavy (non-hydrogen) atoms. The van der Waals surface area contributed by atoms with E-state index < -0.39 is 30.8 Å². The Hall–Kier alpha value is -3.05. The highest BCUT2D eigenvalue weighted by molar-refractivity contribution is 5.81. The number of nitrogens with zero attached hydrogens (tertiary/aromatic N) is 5. The van der Waals surface area contributed by atoms with Crippen LogP contribution in [0.3, 0.4) is 0 Å². The quantitative estimate of drug-likeness (QED) is 0.644. The van der Waals surface area contributed by atoms with E-state index in [4.69, 9.17) is 0 Å². The maximum absolute atomic E-state index is 13.5. The monoisotopic (exact) mass is 482 g/mol. The second kappa shape index (κ2) is 8.31. The van der Waals surface area contributed by atoms with E-state index in [-0.39, 0.29) is 35.3 Å². The lowest BCUT2D eigenvalue weighted by molar-refractivity contribution is -0.137. The Balaban J connectivity index is 1.42. The zero-order valence-corrected chi connectivity index (χ0v) is 18.2. The number of piperidine rings is 1. The highest BCUT2D eigenvalue weighted by Gasteiger charge is 2.45. The molecule has 5 rings (SSSR count). The van der Waals surface area contributed by atoms with Crippen LogP contribution in [0.1, 0.15) is 42.9 Å². The molecule has 7 nitrogen and oxygen atoms in total. The van der Waals surface area contributed by atoms with Crippen LogP contribution in [-0.4, -0.2) is 57.9 Å². The van der Waals surface area contributed by atoms with E-state index in [1.165, 1.54) is 4.90 Å². The van der Waals surface area contributed by atoms with Crippen molar-refractivity contribution in [1.82, 2.24) is 19.9 Å². The summed E-state index contributed by atoms with van der Waals surface area (Å²) in [4.78, 5) is 28.4. The van der Waals surface area contributed by atoms with Gasteiger partial charge in [-0.1, -0.05) is 0 Å². The molecule has 0 radical (unpaired) electrons. The molecule has 0 spiro atoms. The van der Waals surface area contributed by atoms with Gasteiger partial charge in [-0.15, -0.1) is 0 Å². The predicted molar refractivity (Wildman–Crippen MR) is 113 cm³/mol. The molecule has 2 aromatic heterocycles. The van der Waals surface area contributed by atoms with Crippen molar-refractivity contribution >= 4 is 23.5 Å². The van der Waals surface area contributed by atoms with Crippen LogP contribution in [0.2, 0.25) is 0 Å². The second-order valence-corrected chi connectivity index (χ2v) is 9.14. The first kappa shape index (κ1) is 22.7. The Labute approximate surface area is 192 Å². The van der Waals surface area contributed by atoms with Crippen molar-refractivity contribution in [2.45, 2.75) is 43.7 Å². The smallest absolute Gasteiger partial charge is 0.342 e. The molecule has 1 unspecified atom stereocenters. The molecule has 2 aromatic rings. The molecule has 3 fully saturated rings. The number of pyridine rings is 1. The molecule has 0 bridgehead atoms. The highest BCUT2D eigenvalue weighted by Crippen LogP contribution is 2.36. The number of carbonyl (C=O) groups excluding carboxylic acids is 1. The Bertz CT molecular complexity index is 1080. The standard InChI is InChI=1S/C22H23F5N6O/c23-21(24)11-33(12-21)20-29-16(14-2-1-7-32(10-14)19(34)13-3-4-13)9-18(31-20)30-17-8-15(5-6-28-17)22(25,26)27/h5-6,8-9,13-14H,1-4,7,10-12H2,(H,28,29,30,31). The van der Waals surface area contributed by atoms with Gasteiger partial charge in [-0.2, -0.15) is 18.2 Å². The minimum Gasteiger partial charge on any atom is -0.342 e. The minimum absolute atomic E-state index is 0.0727. The van der Waals surface area contributed by atoms with Crippen LogP contribution in [0.25, 0.3) is 0 Å². The predicted octanol–water partition coefficient (Wildman–Crippen LogP) is 4.21. The molecular weight excluding hydrogens is 459 g/mol. The highest BCUT2D eigenvalue weighted by atomic mass is 19.4. The third-order valence-corrected chi connectivity index (χ3v) is 6.28. The van der Waals surface area contributed by atoms with E-state index >= 15 is 0 Å². The number of carbonyl (C=O) groups is 1. The molecule has 0 aromatic carbocycles. The summed E-state index contributed by atoms with van der Waals surface area (Å²) in [6.07, 6.45) is -0.168. The van der Waals surface area contributed by atoms with Crippen LogP contribution >= 0.6 is 0 Å². The lowest BCUT2D eigenvalue weighted by atomic mass is 9.94. The summed E-state index contributed by atoms with van der Waals surface area (Å²) in [5, 5.41) is 2.77. The van der Waals surface area contributed by atoms with Gasteiger partial charge in [-0.25, -0.2) is 18.7 Å². The van der Waals surface area contributed by atoms with Crippen molar-refractivity contribution < 1.29 is 26.7 Å². The number of anilines is 3. The number of halogens is 5. The van der Waals surface area contributed by atoms with Crippen molar-refractivity contribution in [3.63, 3.8) is 0 Å². The van der Waals surface area contributed by atoms with Gasteiger partial charge in [-0.3, -0.25) is 4.79 Å². The average Bonchev–Trinajstić information content (AvgIpc) is 3.62. The molecule has 4 heterocycles. The molecule has 1 amide bonds. The van der Waals surface area contributed by atoms with E-state index in [1.54, 1.807) is 6.07 Å². The van der Waals surface area contributed by atoms with Gasteiger partial charge >= 0.3 is 6.18 Å². The van der Waals surface area contributed by atoms with E-state index in [1.807, 2.05) is 4.90 Å². The third-order valence-electron chi connectivity index (χ3n) is 6.28. The van der Waals surface area contributed by atoms with Crippen LogP contribution in [-0.2, 0) is 11.0 Å². The first-order valence-corrected chi connectivity index (χ1v) is 11.2. The molecule has 1 saturated carbocycles. The number of rotatable bonds is 5. The maximum atomic E-state index is 13.5. The molecule has 1 aliphatic carbocycles. The van der Waals surface area contributed by atoms with Gasteiger partial charge < -0.3 is 15.1 Å². The summed E-state index contributed by atoms with van der Waals surface area (Å²) >= 11 is 0. The molecule has 3 aliphatic rings. The van der Waals surface area contributed by atoms with Crippen molar-refractivity contribution in [2.24, 2.45) is 5.92 Å². The van der Waals surface area contributed by atoms with Gasteiger partial charge in [0.05, 0.1) is 24.3 Å². The summed E-state index contributed by atoms with van der Waals surface area (Å²) < 4.78 is 66.2. The van der Waals surface area contributed by atoms with Gasteiger partial charge in [0, 0.05) is 37.2 Å². The molecule has 1 atom stereocenters.